The van der Waals surface area contributed by atoms with Crippen molar-refractivity contribution in [3.8, 4) is 0 Å². The van der Waals surface area contributed by atoms with E-state index in [2.05, 4.69) is 29.5 Å². The van der Waals surface area contributed by atoms with Gasteiger partial charge >= 0.3 is 0 Å². The summed E-state index contributed by atoms with van der Waals surface area (Å²) in [5, 5.41) is 5.59. The van der Waals surface area contributed by atoms with Crippen LogP contribution in [0.1, 0.15) is 30.6 Å². The van der Waals surface area contributed by atoms with Gasteiger partial charge in [-0.25, -0.2) is 8.78 Å². The minimum atomic E-state index is -0.822. The summed E-state index contributed by atoms with van der Waals surface area (Å²) in [4.78, 5) is 16.2. The molecule has 0 saturated carbocycles. The fourth-order valence-corrected chi connectivity index (χ4v) is 1.95. The van der Waals surface area contributed by atoms with Crippen LogP contribution in [-0.4, -0.2) is 17.4 Å². The maximum Gasteiger partial charge on any atom is 0.257 e. The SMILES string of the molecule is CC(C)CCNc1cncc(C(=O)Nc2ccc(F)cc2F)c1. The lowest BCUT2D eigenvalue weighted by atomic mass is 10.1. The summed E-state index contributed by atoms with van der Waals surface area (Å²) in [5.41, 5.74) is 0.940. The van der Waals surface area contributed by atoms with Crippen LogP contribution in [0.4, 0.5) is 20.2 Å². The number of carbonyl (C=O) groups excluding carboxylic acids is 1. The summed E-state index contributed by atoms with van der Waals surface area (Å²) in [6.07, 6.45) is 4.01. The first-order valence-electron chi connectivity index (χ1n) is 7.41. The van der Waals surface area contributed by atoms with Crippen LogP contribution in [0.3, 0.4) is 0 Å². The van der Waals surface area contributed by atoms with E-state index in [1.54, 1.807) is 12.3 Å². The van der Waals surface area contributed by atoms with Gasteiger partial charge in [-0.05, 0) is 30.5 Å². The second-order valence-electron chi connectivity index (χ2n) is 5.65. The molecular formula is C17H19F2N3O. The van der Waals surface area contributed by atoms with Crippen LogP contribution >= 0.6 is 0 Å². The van der Waals surface area contributed by atoms with Gasteiger partial charge in [0.15, 0.2) is 0 Å². The molecule has 0 aliphatic heterocycles. The molecular weight excluding hydrogens is 300 g/mol. The first kappa shape index (κ1) is 16.9. The van der Waals surface area contributed by atoms with E-state index in [4.69, 9.17) is 0 Å². The summed E-state index contributed by atoms with van der Waals surface area (Å²) in [7, 11) is 0. The monoisotopic (exact) mass is 319 g/mol. The number of benzene rings is 1. The number of hydrogen-bond acceptors (Lipinski definition) is 3. The number of aromatic nitrogens is 1. The maximum absolute atomic E-state index is 13.6. The molecule has 1 aromatic heterocycles. The number of halogens is 2. The molecule has 1 heterocycles. The highest BCUT2D eigenvalue weighted by molar-refractivity contribution is 6.04. The molecule has 0 atom stereocenters. The Morgan fingerprint density at radius 1 is 1.22 bits per heavy atom. The maximum atomic E-state index is 13.6. The first-order chi connectivity index (χ1) is 11.0. The molecule has 6 heteroatoms. The number of anilines is 2. The number of hydrogen-bond donors (Lipinski definition) is 2. The number of amides is 1. The van der Waals surface area contributed by atoms with E-state index < -0.39 is 17.5 Å². The highest BCUT2D eigenvalue weighted by Crippen LogP contribution is 2.17. The molecule has 4 nitrogen and oxygen atoms in total. The molecule has 0 bridgehead atoms. The lowest BCUT2D eigenvalue weighted by Gasteiger charge is -2.10. The predicted octanol–water partition coefficient (Wildman–Crippen LogP) is 4.07. The summed E-state index contributed by atoms with van der Waals surface area (Å²) in [6.45, 7) is 5.03. The Hall–Kier alpha value is -2.50. The fraction of sp³-hybridized carbons (Fsp3) is 0.294. The highest BCUT2D eigenvalue weighted by atomic mass is 19.1. The van der Waals surface area contributed by atoms with E-state index in [1.807, 2.05) is 0 Å². The third-order valence-electron chi connectivity index (χ3n) is 3.23. The van der Waals surface area contributed by atoms with Crippen molar-refractivity contribution in [1.82, 2.24) is 4.98 Å². The van der Waals surface area contributed by atoms with Crippen molar-refractivity contribution in [1.29, 1.82) is 0 Å². The van der Waals surface area contributed by atoms with Gasteiger partial charge in [0.25, 0.3) is 5.91 Å². The summed E-state index contributed by atoms with van der Waals surface area (Å²) in [5.74, 6) is -1.45. The van der Waals surface area contributed by atoms with Gasteiger partial charge in [0.05, 0.1) is 16.9 Å². The predicted molar refractivity (Wildman–Crippen MR) is 86.5 cm³/mol. The second-order valence-corrected chi connectivity index (χ2v) is 5.65. The van der Waals surface area contributed by atoms with Crippen molar-refractivity contribution in [2.45, 2.75) is 20.3 Å². The molecule has 0 aliphatic carbocycles. The van der Waals surface area contributed by atoms with Crippen LogP contribution in [-0.2, 0) is 0 Å². The van der Waals surface area contributed by atoms with Gasteiger partial charge in [-0.15, -0.1) is 0 Å². The Labute approximate surface area is 133 Å². The minimum absolute atomic E-state index is 0.0745. The topological polar surface area (TPSA) is 54.0 Å². The summed E-state index contributed by atoms with van der Waals surface area (Å²) >= 11 is 0. The number of nitrogens with one attached hydrogen (secondary N) is 2. The second kappa shape index (κ2) is 7.67. The smallest absolute Gasteiger partial charge is 0.257 e. The van der Waals surface area contributed by atoms with Crippen LogP contribution in [0.25, 0.3) is 0 Å². The quantitative estimate of drug-likeness (QED) is 0.844. The van der Waals surface area contributed by atoms with Crippen molar-refractivity contribution in [2.75, 3.05) is 17.2 Å². The molecule has 0 unspecified atom stereocenters. The molecule has 2 aromatic rings. The van der Waals surface area contributed by atoms with Crippen LogP contribution in [0.15, 0.2) is 36.7 Å². The number of nitrogens with zero attached hydrogens (tertiary/aromatic N) is 1. The zero-order valence-corrected chi connectivity index (χ0v) is 13.1. The van der Waals surface area contributed by atoms with E-state index >= 15 is 0 Å². The summed E-state index contributed by atoms with van der Waals surface area (Å²) in [6, 6.07) is 4.63. The Kier molecular flexibility index (Phi) is 5.62. The minimum Gasteiger partial charge on any atom is -0.384 e. The van der Waals surface area contributed by atoms with Crippen LogP contribution < -0.4 is 10.6 Å². The zero-order chi connectivity index (χ0) is 16.8. The van der Waals surface area contributed by atoms with Crippen LogP contribution in [0, 0.1) is 17.6 Å². The van der Waals surface area contributed by atoms with E-state index in [0.29, 0.717) is 11.5 Å². The van der Waals surface area contributed by atoms with Gasteiger partial charge in [0.1, 0.15) is 11.6 Å². The molecule has 0 spiro atoms. The molecule has 1 amide bonds. The van der Waals surface area contributed by atoms with E-state index in [9.17, 15) is 13.6 Å². The number of rotatable bonds is 6. The first-order valence-corrected chi connectivity index (χ1v) is 7.41. The van der Waals surface area contributed by atoms with Crippen molar-refractivity contribution >= 4 is 17.3 Å². The Morgan fingerprint density at radius 2 is 2.00 bits per heavy atom. The van der Waals surface area contributed by atoms with E-state index in [0.717, 1.165) is 30.8 Å². The van der Waals surface area contributed by atoms with E-state index in [1.165, 1.54) is 12.3 Å². The average molecular weight is 319 g/mol. The molecule has 2 N–H and O–H groups in total. The number of pyridine rings is 1. The van der Waals surface area contributed by atoms with Gasteiger partial charge in [-0.2, -0.15) is 0 Å². The molecule has 122 valence electrons. The zero-order valence-electron chi connectivity index (χ0n) is 13.1. The molecule has 2 rings (SSSR count). The average Bonchev–Trinajstić information content (AvgIpc) is 2.50. The standard InChI is InChI=1S/C17H19F2N3O/c1-11(2)5-6-21-14-7-12(9-20-10-14)17(23)22-16-4-3-13(18)8-15(16)19/h3-4,7-11,21H,5-6H2,1-2H3,(H,22,23). The third-order valence-corrected chi connectivity index (χ3v) is 3.23. The highest BCUT2D eigenvalue weighted by Gasteiger charge is 2.11. The number of carbonyl (C=O) groups is 1. The van der Waals surface area contributed by atoms with Crippen molar-refractivity contribution < 1.29 is 13.6 Å². The lowest BCUT2D eigenvalue weighted by molar-refractivity contribution is 0.102. The lowest BCUT2D eigenvalue weighted by Crippen LogP contribution is -2.14. The van der Waals surface area contributed by atoms with Gasteiger partial charge in [-0.3, -0.25) is 9.78 Å². The molecule has 0 fully saturated rings. The third kappa shape index (κ3) is 5.02. The van der Waals surface area contributed by atoms with Gasteiger partial charge < -0.3 is 10.6 Å². The van der Waals surface area contributed by atoms with E-state index in [-0.39, 0.29) is 5.69 Å². The molecule has 1 aromatic carbocycles. The van der Waals surface area contributed by atoms with Gasteiger partial charge in [0, 0.05) is 25.0 Å². The van der Waals surface area contributed by atoms with Crippen LogP contribution in [0.2, 0.25) is 0 Å². The Balaban J connectivity index is 2.04. The normalized spacial score (nSPS) is 10.7. The van der Waals surface area contributed by atoms with Gasteiger partial charge in [-0.1, -0.05) is 13.8 Å². The van der Waals surface area contributed by atoms with Crippen molar-refractivity contribution in [3.63, 3.8) is 0 Å². The van der Waals surface area contributed by atoms with Crippen molar-refractivity contribution in [2.24, 2.45) is 5.92 Å². The van der Waals surface area contributed by atoms with Crippen molar-refractivity contribution in [3.05, 3.63) is 53.9 Å². The molecule has 0 radical (unpaired) electrons. The Bertz CT molecular complexity index is 689. The largest absolute Gasteiger partial charge is 0.384 e. The van der Waals surface area contributed by atoms with Gasteiger partial charge in [0.2, 0.25) is 0 Å². The molecule has 23 heavy (non-hydrogen) atoms. The Morgan fingerprint density at radius 3 is 2.70 bits per heavy atom. The fourth-order valence-electron chi connectivity index (χ4n) is 1.95. The molecule has 0 saturated heterocycles. The molecule has 0 aliphatic rings. The van der Waals surface area contributed by atoms with Crippen LogP contribution in [0.5, 0.6) is 0 Å². The summed E-state index contributed by atoms with van der Waals surface area (Å²) < 4.78 is 26.4.